The van der Waals surface area contributed by atoms with Crippen LogP contribution in [0.5, 0.6) is 11.6 Å². The van der Waals surface area contributed by atoms with E-state index in [1.807, 2.05) is 0 Å². The minimum absolute atomic E-state index is 0.145. The summed E-state index contributed by atoms with van der Waals surface area (Å²) >= 11 is 0. The number of benzene rings is 2. The molecule has 0 saturated carbocycles. The summed E-state index contributed by atoms with van der Waals surface area (Å²) in [6, 6.07) is 14.4. The van der Waals surface area contributed by atoms with Gasteiger partial charge in [-0.2, -0.15) is 0 Å². The van der Waals surface area contributed by atoms with Gasteiger partial charge in [0.2, 0.25) is 5.88 Å². The van der Waals surface area contributed by atoms with E-state index in [-0.39, 0.29) is 24.3 Å². The Labute approximate surface area is 184 Å². The number of ether oxygens (including phenoxy) is 2. The molecule has 32 heavy (non-hydrogen) atoms. The van der Waals surface area contributed by atoms with Crippen molar-refractivity contribution in [3.8, 4) is 11.6 Å². The van der Waals surface area contributed by atoms with Gasteiger partial charge in [-0.3, -0.25) is 0 Å². The third kappa shape index (κ3) is 5.59. The predicted octanol–water partition coefficient (Wildman–Crippen LogP) is 4.87. The molecule has 0 spiro atoms. The van der Waals surface area contributed by atoms with E-state index in [9.17, 15) is 13.6 Å². The van der Waals surface area contributed by atoms with Crippen molar-refractivity contribution >= 4 is 6.03 Å². The molecule has 1 saturated heterocycles. The first kappa shape index (κ1) is 21.7. The lowest BCUT2D eigenvalue weighted by Gasteiger charge is -2.25. The van der Waals surface area contributed by atoms with Crippen LogP contribution in [0.1, 0.15) is 30.0 Å². The molecule has 4 rings (SSSR count). The number of carbonyl (C=O) groups excluding carboxylic acids is 1. The zero-order valence-corrected chi connectivity index (χ0v) is 17.3. The summed E-state index contributed by atoms with van der Waals surface area (Å²) in [5, 5.41) is 5.73. The van der Waals surface area contributed by atoms with Gasteiger partial charge in [0, 0.05) is 31.0 Å². The van der Waals surface area contributed by atoms with E-state index < -0.39 is 17.9 Å². The van der Waals surface area contributed by atoms with E-state index in [1.165, 1.54) is 24.3 Å². The molecule has 0 radical (unpaired) electrons. The molecular formula is C24H23F2N3O3. The molecule has 8 heteroatoms. The van der Waals surface area contributed by atoms with E-state index in [0.717, 1.165) is 18.4 Å². The van der Waals surface area contributed by atoms with E-state index >= 15 is 0 Å². The number of carbonyl (C=O) groups is 1. The molecule has 2 unspecified atom stereocenters. The van der Waals surface area contributed by atoms with Gasteiger partial charge in [-0.25, -0.2) is 18.6 Å². The Morgan fingerprint density at radius 2 is 1.97 bits per heavy atom. The summed E-state index contributed by atoms with van der Waals surface area (Å²) < 4.78 is 38.2. The van der Waals surface area contributed by atoms with E-state index in [1.54, 1.807) is 42.6 Å². The zero-order valence-electron chi connectivity index (χ0n) is 17.3. The van der Waals surface area contributed by atoms with Crippen molar-refractivity contribution in [2.45, 2.75) is 31.5 Å². The minimum atomic E-state index is -0.418. The zero-order chi connectivity index (χ0) is 22.3. The van der Waals surface area contributed by atoms with E-state index in [0.29, 0.717) is 17.9 Å². The minimum Gasteiger partial charge on any atom is -0.439 e. The van der Waals surface area contributed by atoms with Crippen LogP contribution < -0.4 is 15.4 Å². The third-order valence-electron chi connectivity index (χ3n) is 5.15. The number of halogens is 2. The molecule has 1 aromatic heterocycles. The second-order valence-corrected chi connectivity index (χ2v) is 7.43. The summed E-state index contributed by atoms with van der Waals surface area (Å²) in [5.74, 6) is -0.179. The number of urea groups is 1. The summed E-state index contributed by atoms with van der Waals surface area (Å²) in [6.45, 7) is 0.772. The first-order valence-electron chi connectivity index (χ1n) is 10.4. The fourth-order valence-electron chi connectivity index (χ4n) is 3.59. The Hall–Kier alpha value is -3.52. The Morgan fingerprint density at radius 1 is 1.12 bits per heavy atom. The SMILES string of the molecule is O=C(NCc1cccnc1Oc1cccc(F)c1)NC(c1ccc(F)cc1)C1CCCO1. The van der Waals surface area contributed by atoms with Gasteiger partial charge in [-0.1, -0.05) is 24.3 Å². The van der Waals surface area contributed by atoms with E-state index in [4.69, 9.17) is 9.47 Å². The molecule has 0 bridgehead atoms. The van der Waals surface area contributed by atoms with Crippen LogP contribution in [-0.2, 0) is 11.3 Å². The maximum Gasteiger partial charge on any atom is 0.315 e. The largest absolute Gasteiger partial charge is 0.439 e. The van der Waals surface area contributed by atoms with Crippen LogP contribution in [0.15, 0.2) is 66.9 Å². The third-order valence-corrected chi connectivity index (χ3v) is 5.15. The maximum atomic E-state index is 13.4. The number of rotatable bonds is 7. The number of hydrogen-bond donors (Lipinski definition) is 2. The molecule has 2 N–H and O–H groups in total. The number of nitrogens with one attached hydrogen (secondary N) is 2. The van der Waals surface area contributed by atoms with Crippen LogP contribution in [0.4, 0.5) is 13.6 Å². The number of aromatic nitrogens is 1. The Kier molecular flexibility index (Phi) is 6.91. The smallest absolute Gasteiger partial charge is 0.315 e. The molecule has 6 nitrogen and oxygen atoms in total. The lowest BCUT2D eigenvalue weighted by atomic mass is 9.99. The van der Waals surface area contributed by atoms with Crippen molar-refractivity contribution in [1.82, 2.24) is 15.6 Å². The molecule has 0 aliphatic carbocycles. The summed E-state index contributed by atoms with van der Waals surface area (Å²) in [7, 11) is 0. The average molecular weight is 439 g/mol. The molecule has 1 aliphatic heterocycles. The maximum absolute atomic E-state index is 13.4. The van der Waals surface area contributed by atoms with Crippen LogP contribution in [0.2, 0.25) is 0 Å². The quantitative estimate of drug-likeness (QED) is 0.551. The summed E-state index contributed by atoms with van der Waals surface area (Å²) in [6.07, 6.45) is 3.08. The second kappa shape index (κ2) is 10.2. The average Bonchev–Trinajstić information content (AvgIpc) is 3.32. The molecule has 2 amide bonds. The second-order valence-electron chi connectivity index (χ2n) is 7.43. The standard InChI is InChI=1S/C24H23F2N3O3/c25-18-10-8-16(9-11-18)22(21-7-3-13-31-21)29-24(30)28-15-17-4-2-12-27-23(17)32-20-6-1-5-19(26)14-20/h1-2,4-6,8-12,14,21-22H,3,7,13,15H2,(H2,28,29,30). The highest BCUT2D eigenvalue weighted by atomic mass is 19.1. The molecule has 2 atom stereocenters. The van der Waals surface area contributed by atoms with Crippen LogP contribution in [-0.4, -0.2) is 23.7 Å². The lowest BCUT2D eigenvalue weighted by molar-refractivity contribution is 0.0807. The molecule has 166 valence electrons. The van der Waals surface area contributed by atoms with Gasteiger partial charge in [-0.15, -0.1) is 0 Å². The van der Waals surface area contributed by atoms with E-state index in [2.05, 4.69) is 15.6 Å². The van der Waals surface area contributed by atoms with Crippen LogP contribution in [0, 0.1) is 11.6 Å². The van der Waals surface area contributed by atoms with Gasteiger partial charge in [0.25, 0.3) is 0 Å². The van der Waals surface area contributed by atoms with Gasteiger partial charge < -0.3 is 20.1 Å². The normalized spacial score (nSPS) is 16.4. The van der Waals surface area contributed by atoms with Gasteiger partial charge >= 0.3 is 6.03 Å². The highest BCUT2D eigenvalue weighted by Gasteiger charge is 2.28. The monoisotopic (exact) mass is 439 g/mol. The predicted molar refractivity (Wildman–Crippen MR) is 114 cm³/mol. The molecule has 2 heterocycles. The molecule has 1 aliphatic rings. The van der Waals surface area contributed by atoms with Gasteiger partial charge in [0.1, 0.15) is 17.4 Å². The topological polar surface area (TPSA) is 72.5 Å². The fraction of sp³-hybridized carbons (Fsp3) is 0.250. The number of hydrogen-bond acceptors (Lipinski definition) is 4. The van der Waals surface area contributed by atoms with Gasteiger partial charge in [0.15, 0.2) is 0 Å². The number of nitrogens with zero attached hydrogens (tertiary/aromatic N) is 1. The first-order chi connectivity index (χ1) is 15.6. The first-order valence-corrected chi connectivity index (χ1v) is 10.4. The Balaban J connectivity index is 1.42. The highest BCUT2D eigenvalue weighted by Crippen LogP contribution is 2.27. The summed E-state index contributed by atoms with van der Waals surface area (Å²) in [5.41, 5.74) is 1.40. The van der Waals surface area contributed by atoms with Crippen molar-refractivity contribution in [2.75, 3.05) is 6.61 Å². The van der Waals surface area contributed by atoms with Crippen LogP contribution in [0.3, 0.4) is 0 Å². The number of pyridine rings is 1. The van der Waals surface area contributed by atoms with Crippen molar-refractivity contribution in [1.29, 1.82) is 0 Å². The Morgan fingerprint density at radius 3 is 2.72 bits per heavy atom. The molecule has 3 aromatic rings. The van der Waals surface area contributed by atoms with Crippen LogP contribution in [0.25, 0.3) is 0 Å². The molecule has 2 aromatic carbocycles. The molecular weight excluding hydrogens is 416 g/mol. The summed E-state index contributed by atoms with van der Waals surface area (Å²) in [4.78, 5) is 16.9. The Bertz CT molecular complexity index is 1060. The van der Waals surface area contributed by atoms with Gasteiger partial charge in [-0.05, 0) is 48.7 Å². The van der Waals surface area contributed by atoms with Crippen molar-refractivity contribution in [3.63, 3.8) is 0 Å². The van der Waals surface area contributed by atoms with Crippen molar-refractivity contribution < 1.29 is 23.0 Å². The number of amides is 2. The lowest BCUT2D eigenvalue weighted by Crippen LogP contribution is -2.42. The van der Waals surface area contributed by atoms with Crippen molar-refractivity contribution in [3.05, 3.63) is 89.6 Å². The van der Waals surface area contributed by atoms with Crippen molar-refractivity contribution in [2.24, 2.45) is 0 Å². The van der Waals surface area contributed by atoms with Gasteiger partial charge in [0.05, 0.1) is 12.1 Å². The fourth-order valence-corrected chi connectivity index (χ4v) is 3.59. The highest BCUT2D eigenvalue weighted by molar-refractivity contribution is 5.74. The molecule has 1 fully saturated rings. The van der Waals surface area contributed by atoms with Crippen LogP contribution >= 0.6 is 0 Å².